The largest absolute Gasteiger partial charge is 0.433 e. The summed E-state index contributed by atoms with van der Waals surface area (Å²) >= 11 is 0. The van der Waals surface area contributed by atoms with Crippen LogP contribution < -0.4 is 9.80 Å². The Morgan fingerprint density at radius 1 is 1.03 bits per heavy atom. The second kappa shape index (κ2) is 7.52. The molecule has 0 radical (unpaired) electrons. The predicted octanol–water partition coefficient (Wildman–Crippen LogP) is 3.61. The molecule has 32 heavy (non-hydrogen) atoms. The number of nitrogens with zero attached hydrogens (tertiary/aromatic N) is 7. The number of aromatic nitrogens is 5. The Labute approximate surface area is 179 Å². The smallest absolute Gasteiger partial charge is 0.370 e. The number of pyridine rings is 1. The first-order chi connectivity index (χ1) is 15.2. The highest BCUT2D eigenvalue weighted by molar-refractivity contribution is 5.71. The Balaban J connectivity index is 1.24. The van der Waals surface area contributed by atoms with Gasteiger partial charge in [0, 0.05) is 43.5 Å². The maximum absolute atomic E-state index is 12.9. The number of alkyl halides is 5. The Morgan fingerprint density at radius 2 is 1.78 bits per heavy atom. The molecule has 0 bridgehead atoms. The van der Waals surface area contributed by atoms with Crippen molar-refractivity contribution >= 4 is 22.7 Å². The van der Waals surface area contributed by atoms with Gasteiger partial charge in [0.25, 0.3) is 6.43 Å². The Hall–Kier alpha value is -3.05. The second-order valence-electron chi connectivity index (χ2n) is 8.39. The zero-order valence-electron chi connectivity index (χ0n) is 16.9. The lowest BCUT2D eigenvalue weighted by Gasteiger charge is -2.55. The summed E-state index contributed by atoms with van der Waals surface area (Å²) < 4.78 is 65.5. The van der Waals surface area contributed by atoms with Crippen molar-refractivity contribution in [1.82, 2.24) is 24.7 Å². The molecule has 5 heterocycles. The average molecular weight is 453 g/mol. The SMILES string of the molecule is FC(F)Cn1ncc2ncc(N3CCC4(CC3)CN(c3ccnc(C(F)(F)F)c3)C4)nc21. The van der Waals surface area contributed by atoms with Crippen LogP contribution in [0.4, 0.5) is 33.5 Å². The summed E-state index contributed by atoms with van der Waals surface area (Å²) in [5, 5.41) is 3.94. The summed E-state index contributed by atoms with van der Waals surface area (Å²) in [4.78, 5) is 16.2. The molecule has 2 saturated heterocycles. The summed E-state index contributed by atoms with van der Waals surface area (Å²) in [6.45, 7) is 2.26. The number of hydrogen-bond donors (Lipinski definition) is 0. The Bertz CT molecular complexity index is 1110. The number of fused-ring (bicyclic) bond motifs is 1. The number of anilines is 2. The van der Waals surface area contributed by atoms with E-state index >= 15 is 0 Å². The Morgan fingerprint density at radius 3 is 2.47 bits per heavy atom. The molecule has 3 aromatic heterocycles. The maximum Gasteiger partial charge on any atom is 0.433 e. The fraction of sp³-hybridized carbons (Fsp3) is 0.500. The molecule has 0 saturated carbocycles. The van der Waals surface area contributed by atoms with Crippen molar-refractivity contribution in [2.45, 2.75) is 32.0 Å². The van der Waals surface area contributed by atoms with Gasteiger partial charge in [-0.15, -0.1) is 0 Å². The third kappa shape index (κ3) is 3.82. The van der Waals surface area contributed by atoms with E-state index in [1.165, 1.54) is 12.4 Å². The van der Waals surface area contributed by atoms with Gasteiger partial charge in [-0.1, -0.05) is 0 Å². The molecule has 0 aliphatic carbocycles. The summed E-state index contributed by atoms with van der Waals surface area (Å²) in [7, 11) is 0. The second-order valence-corrected chi connectivity index (χ2v) is 8.39. The molecule has 0 amide bonds. The highest BCUT2D eigenvalue weighted by atomic mass is 19.4. The highest BCUT2D eigenvalue weighted by Crippen LogP contribution is 2.43. The minimum Gasteiger partial charge on any atom is -0.370 e. The van der Waals surface area contributed by atoms with Crippen molar-refractivity contribution in [1.29, 1.82) is 0 Å². The van der Waals surface area contributed by atoms with Crippen molar-refractivity contribution < 1.29 is 22.0 Å². The zero-order valence-corrected chi connectivity index (χ0v) is 16.9. The van der Waals surface area contributed by atoms with Crippen LogP contribution >= 0.6 is 0 Å². The van der Waals surface area contributed by atoms with Crippen molar-refractivity contribution in [3.05, 3.63) is 36.4 Å². The van der Waals surface area contributed by atoms with Gasteiger partial charge in [-0.25, -0.2) is 23.4 Å². The minimum atomic E-state index is -4.46. The van der Waals surface area contributed by atoms with E-state index in [9.17, 15) is 22.0 Å². The van der Waals surface area contributed by atoms with E-state index in [2.05, 4.69) is 25.0 Å². The van der Waals surface area contributed by atoms with Gasteiger partial charge in [-0.2, -0.15) is 18.3 Å². The monoisotopic (exact) mass is 453 g/mol. The molecule has 0 N–H and O–H groups in total. The molecule has 1 spiro atoms. The van der Waals surface area contributed by atoms with Gasteiger partial charge in [0.2, 0.25) is 0 Å². The molecule has 170 valence electrons. The number of rotatable bonds is 4. The molecule has 2 fully saturated rings. The quantitative estimate of drug-likeness (QED) is 0.563. The molecule has 3 aromatic rings. The van der Waals surface area contributed by atoms with Gasteiger partial charge in [-0.05, 0) is 25.0 Å². The molecule has 5 rings (SSSR count). The molecular formula is C20H20F5N7. The molecule has 12 heteroatoms. The molecule has 2 aliphatic heterocycles. The van der Waals surface area contributed by atoms with Gasteiger partial charge in [-0.3, -0.25) is 4.98 Å². The predicted molar refractivity (Wildman–Crippen MR) is 107 cm³/mol. The van der Waals surface area contributed by atoms with Crippen LogP contribution in [0.2, 0.25) is 0 Å². The third-order valence-electron chi connectivity index (χ3n) is 6.24. The first-order valence-corrected chi connectivity index (χ1v) is 10.2. The fourth-order valence-corrected chi connectivity index (χ4v) is 4.50. The van der Waals surface area contributed by atoms with Gasteiger partial charge in [0.1, 0.15) is 23.6 Å². The average Bonchev–Trinajstić information content (AvgIpc) is 3.13. The summed E-state index contributed by atoms with van der Waals surface area (Å²) in [6, 6.07) is 2.69. The van der Waals surface area contributed by atoms with Gasteiger partial charge in [0.05, 0.1) is 12.4 Å². The topological polar surface area (TPSA) is 63.0 Å². The molecule has 0 atom stereocenters. The van der Waals surface area contributed by atoms with Crippen LogP contribution in [0, 0.1) is 5.41 Å². The maximum atomic E-state index is 12.9. The van der Waals surface area contributed by atoms with Crippen molar-refractivity contribution in [2.24, 2.45) is 5.41 Å². The summed E-state index contributed by atoms with van der Waals surface area (Å²) in [5.74, 6) is 0.614. The lowest BCUT2D eigenvalue weighted by Crippen LogP contribution is -2.60. The molecule has 7 nitrogen and oxygen atoms in total. The molecule has 2 aliphatic rings. The van der Waals surface area contributed by atoms with Crippen molar-refractivity contribution in [3.63, 3.8) is 0 Å². The zero-order chi connectivity index (χ0) is 22.5. The first-order valence-electron chi connectivity index (χ1n) is 10.2. The van der Waals surface area contributed by atoms with Gasteiger partial charge >= 0.3 is 6.18 Å². The number of piperidine rings is 1. The Kier molecular flexibility index (Phi) is 4.90. The van der Waals surface area contributed by atoms with Crippen LogP contribution in [0.5, 0.6) is 0 Å². The number of halogens is 5. The van der Waals surface area contributed by atoms with E-state index in [0.29, 0.717) is 48.8 Å². The molecule has 0 unspecified atom stereocenters. The van der Waals surface area contributed by atoms with Gasteiger partial charge in [0.15, 0.2) is 5.65 Å². The van der Waals surface area contributed by atoms with E-state index in [0.717, 1.165) is 23.6 Å². The standard InChI is InChI=1S/C20H20F5N7/c21-16(22)10-32-18-14(8-28-32)27-9-17(29-18)30-5-2-19(3-6-30)11-31(12-19)13-1-4-26-15(7-13)20(23,24)25/h1,4,7-9,16H,2-3,5-6,10-12H2. The van der Waals surface area contributed by atoms with E-state index in [4.69, 9.17) is 0 Å². The van der Waals surface area contributed by atoms with Crippen LogP contribution in [0.15, 0.2) is 30.7 Å². The first kappa shape index (κ1) is 20.8. The van der Waals surface area contributed by atoms with Crippen LogP contribution in [0.1, 0.15) is 18.5 Å². The lowest BCUT2D eigenvalue weighted by atomic mass is 9.72. The van der Waals surface area contributed by atoms with Crippen molar-refractivity contribution in [2.75, 3.05) is 36.0 Å². The van der Waals surface area contributed by atoms with E-state index < -0.39 is 24.8 Å². The fourth-order valence-electron chi connectivity index (χ4n) is 4.50. The van der Waals surface area contributed by atoms with E-state index in [-0.39, 0.29) is 5.41 Å². The van der Waals surface area contributed by atoms with Gasteiger partial charge < -0.3 is 9.80 Å². The van der Waals surface area contributed by atoms with E-state index in [1.807, 2.05) is 4.90 Å². The lowest BCUT2D eigenvalue weighted by molar-refractivity contribution is -0.141. The van der Waals surface area contributed by atoms with Crippen molar-refractivity contribution in [3.8, 4) is 0 Å². The molecular weight excluding hydrogens is 433 g/mol. The summed E-state index contributed by atoms with van der Waals surface area (Å²) in [5.41, 5.74) is 0.492. The van der Waals surface area contributed by atoms with Crippen LogP contribution in [-0.4, -0.2) is 57.3 Å². The normalized spacial score (nSPS) is 18.6. The third-order valence-corrected chi connectivity index (χ3v) is 6.24. The highest BCUT2D eigenvalue weighted by Gasteiger charge is 2.45. The number of hydrogen-bond acceptors (Lipinski definition) is 6. The van der Waals surface area contributed by atoms with Crippen LogP contribution in [-0.2, 0) is 12.7 Å². The molecule has 0 aromatic carbocycles. The van der Waals surface area contributed by atoms with E-state index in [1.54, 1.807) is 12.3 Å². The van der Waals surface area contributed by atoms with Crippen LogP contribution in [0.25, 0.3) is 11.2 Å². The minimum absolute atomic E-state index is 0.0488. The van der Waals surface area contributed by atoms with Crippen LogP contribution in [0.3, 0.4) is 0 Å². The summed E-state index contributed by atoms with van der Waals surface area (Å²) in [6.07, 6.45) is -1.04.